The van der Waals surface area contributed by atoms with Crippen LogP contribution in [0, 0.1) is 11.8 Å². The Balaban J connectivity index is 2.02. The quantitative estimate of drug-likeness (QED) is 0.871. The molecule has 0 bridgehead atoms. The largest absolute Gasteiger partial charge is 0.492 e. The van der Waals surface area contributed by atoms with Crippen LogP contribution >= 0.6 is 0 Å². The van der Waals surface area contributed by atoms with E-state index in [1.165, 1.54) is 0 Å². The summed E-state index contributed by atoms with van der Waals surface area (Å²) in [4.78, 5) is 12.5. The van der Waals surface area contributed by atoms with Gasteiger partial charge in [0.1, 0.15) is 12.4 Å². The summed E-state index contributed by atoms with van der Waals surface area (Å²) in [7, 11) is 0. The van der Waals surface area contributed by atoms with Gasteiger partial charge in [0, 0.05) is 18.3 Å². The number of ether oxygens (including phenoxy) is 2. The second-order valence-electron chi connectivity index (χ2n) is 5.59. The molecule has 1 amide bonds. The number of hydrogen-bond acceptors (Lipinski definition) is 4. The number of carbonyl (C=O) groups is 1. The summed E-state index contributed by atoms with van der Waals surface area (Å²) in [5, 5.41) is 2.95. The van der Waals surface area contributed by atoms with E-state index < -0.39 is 0 Å². The van der Waals surface area contributed by atoms with E-state index in [1.54, 1.807) is 0 Å². The Hall–Kier alpha value is -1.59. The van der Waals surface area contributed by atoms with Gasteiger partial charge in [0.05, 0.1) is 18.1 Å². The Morgan fingerprint density at radius 3 is 2.71 bits per heavy atom. The molecule has 2 rings (SSSR count). The average molecular weight is 292 g/mol. The van der Waals surface area contributed by atoms with Crippen LogP contribution in [0.15, 0.2) is 24.3 Å². The average Bonchev–Trinajstić information content (AvgIpc) is 2.70. The highest BCUT2D eigenvalue weighted by Gasteiger charge is 2.41. The number of anilines is 1. The van der Waals surface area contributed by atoms with Gasteiger partial charge in [0.2, 0.25) is 5.91 Å². The van der Waals surface area contributed by atoms with E-state index in [-0.39, 0.29) is 30.0 Å². The fourth-order valence-electron chi connectivity index (χ4n) is 2.78. The molecule has 4 atom stereocenters. The van der Waals surface area contributed by atoms with Gasteiger partial charge in [0.25, 0.3) is 0 Å². The third kappa shape index (κ3) is 3.74. The number of nitrogens with one attached hydrogen (secondary N) is 1. The highest BCUT2D eigenvalue weighted by molar-refractivity contribution is 5.93. The van der Waals surface area contributed by atoms with Crippen LogP contribution in [0.4, 0.5) is 5.69 Å². The molecule has 21 heavy (non-hydrogen) atoms. The molecule has 1 aromatic carbocycles. The van der Waals surface area contributed by atoms with Crippen molar-refractivity contribution >= 4 is 11.6 Å². The molecule has 0 saturated carbocycles. The summed E-state index contributed by atoms with van der Waals surface area (Å²) < 4.78 is 11.2. The monoisotopic (exact) mass is 292 g/mol. The predicted molar refractivity (Wildman–Crippen MR) is 82.3 cm³/mol. The number of hydrogen-bond donors (Lipinski definition) is 2. The van der Waals surface area contributed by atoms with Gasteiger partial charge in [-0.15, -0.1) is 0 Å². The van der Waals surface area contributed by atoms with E-state index in [4.69, 9.17) is 15.2 Å². The van der Waals surface area contributed by atoms with Gasteiger partial charge in [0.15, 0.2) is 0 Å². The van der Waals surface area contributed by atoms with Gasteiger partial charge in [-0.3, -0.25) is 4.79 Å². The first-order valence-corrected chi connectivity index (χ1v) is 7.42. The van der Waals surface area contributed by atoms with Crippen LogP contribution in [0.25, 0.3) is 0 Å². The second kappa shape index (κ2) is 6.91. The molecule has 0 spiro atoms. The van der Waals surface area contributed by atoms with Crippen molar-refractivity contribution in [3.8, 4) is 5.75 Å². The topological polar surface area (TPSA) is 73.6 Å². The third-order valence-electron chi connectivity index (χ3n) is 4.03. The molecule has 1 aliphatic heterocycles. The summed E-state index contributed by atoms with van der Waals surface area (Å²) in [5.74, 6) is 0.774. The normalized spacial score (nSPS) is 28.4. The van der Waals surface area contributed by atoms with Crippen LogP contribution in [0.3, 0.4) is 0 Å². The summed E-state index contributed by atoms with van der Waals surface area (Å²) in [5.41, 5.74) is 6.14. The first-order chi connectivity index (χ1) is 10.0. The molecule has 3 N–H and O–H groups in total. The zero-order chi connectivity index (χ0) is 15.4. The minimum Gasteiger partial charge on any atom is -0.492 e. The fourth-order valence-corrected chi connectivity index (χ4v) is 2.78. The Morgan fingerprint density at radius 1 is 1.33 bits per heavy atom. The van der Waals surface area contributed by atoms with Crippen molar-refractivity contribution in [3.05, 3.63) is 24.3 Å². The summed E-state index contributed by atoms with van der Waals surface area (Å²) in [6.07, 6.45) is 0.0432. The van der Waals surface area contributed by atoms with E-state index in [1.807, 2.05) is 38.1 Å². The van der Waals surface area contributed by atoms with Crippen molar-refractivity contribution in [1.82, 2.24) is 0 Å². The molecule has 1 heterocycles. The van der Waals surface area contributed by atoms with E-state index in [9.17, 15) is 4.79 Å². The maximum absolute atomic E-state index is 12.5. The molecule has 0 radical (unpaired) electrons. The first kappa shape index (κ1) is 15.8. The fraction of sp³-hybridized carbons (Fsp3) is 0.562. The van der Waals surface area contributed by atoms with E-state index in [0.29, 0.717) is 18.9 Å². The zero-order valence-electron chi connectivity index (χ0n) is 12.8. The second-order valence-corrected chi connectivity index (χ2v) is 5.59. The molecular weight excluding hydrogens is 268 g/mol. The summed E-state index contributed by atoms with van der Waals surface area (Å²) >= 11 is 0. The minimum absolute atomic E-state index is 0.00433. The lowest BCUT2D eigenvalue weighted by Gasteiger charge is -2.18. The Kier molecular flexibility index (Phi) is 5.20. The highest BCUT2D eigenvalue weighted by atomic mass is 16.5. The van der Waals surface area contributed by atoms with Crippen LogP contribution in [0.1, 0.15) is 20.8 Å². The lowest BCUT2D eigenvalue weighted by atomic mass is 9.89. The van der Waals surface area contributed by atoms with Gasteiger partial charge in [-0.05, 0) is 31.9 Å². The van der Waals surface area contributed by atoms with Gasteiger partial charge >= 0.3 is 0 Å². The molecule has 0 aromatic heterocycles. The molecule has 4 unspecified atom stereocenters. The number of amides is 1. The lowest BCUT2D eigenvalue weighted by molar-refractivity contribution is -0.121. The van der Waals surface area contributed by atoms with Gasteiger partial charge in [-0.25, -0.2) is 0 Å². The van der Waals surface area contributed by atoms with Crippen molar-refractivity contribution in [2.75, 3.05) is 18.5 Å². The summed E-state index contributed by atoms with van der Waals surface area (Å²) in [6.45, 7) is 6.93. The van der Waals surface area contributed by atoms with Crippen molar-refractivity contribution in [2.45, 2.75) is 33.0 Å². The van der Waals surface area contributed by atoms with Crippen molar-refractivity contribution in [3.63, 3.8) is 0 Å². The van der Waals surface area contributed by atoms with E-state index >= 15 is 0 Å². The van der Waals surface area contributed by atoms with Gasteiger partial charge in [-0.2, -0.15) is 0 Å². The molecule has 5 nitrogen and oxygen atoms in total. The standard InChI is InChI=1S/C16H24N2O3/c1-10-11(2)21-12(3)15(10)16(19)18-13-5-4-6-14(9-13)20-8-7-17/h4-6,9-12,15H,7-8,17H2,1-3H3,(H,18,19). The van der Waals surface area contributed by atoms with Crippen LogP contribution < -0.4 is 15.8 Å². The molecule has 116 valence electrons. The number of benzene rings is 1. The number of nitrogens with two attached hydrogens (primary N) is 1. The van der Waals surface area contributed by atoms with Gasteiger partial charge in [-0.1, -0.05) is 13.0 Å². The van der Waals surface area contributed by atoms with Crippen molar-refractivity contribution < 1.29 is 14.3 Å². The molecule has 1 aliphatic rings. The molecule has 1 saturated heterocycles. The van der Waals surface area contributed by atoms with E-state index in [2.05, 4.69) is 12.2 Å². The smallest absolute Gasteiger partial charge is 0.230 e. The number of rotatable bonds is 5. The molecule has 5 heteroatoms. The van der Waals surface area contributed by atoms with Crippen LogP contribution in [0.2, 0.25) is 0 Å². The van der Waals surface area contributed by atoms with Crippen molar-refractivity contribution in [1.29, 1.82) is 0 Å². The minimum atomic E-state index is -0.131. The van der Waals surface area contributed by atoms with Crippen LogP contribution in [-0.4, -0.2) is 31.3 Å². The maximum Gasteiger partial charge on any atom is 0.230 e. The highest BCUT2D eigenvalue weighted by Crippen LogP contribution is 2.33. The van der Waals surface area contributed by atoms with Crippen molar-refractivity contribution in [2.24, 2.45) is 17.6 Å². The molecular formula is C16H24N2O3. The lowest BCUT2D eigenvalue weighted by Crippen LogP contribution is -2.31. The predicted octanol–water partition coefficient (Wildman–Crippen LogP) is 2.02. The Labute approximate surface area is 125 Å². The molecule has 1 fully saturated rings. The molecule has 0 aliphatic carbocycles. The Morgan fingerprint density at radius 2 is 2.10 bits per heavy atom. The zero-order valence-corrected chi connectivity index (χ0v) is 12.8. The van der Waals surface area contributed by atoms with Crippen LogP contribution in [-0.2, 0) is 9.53 Å². The van der Waals surface area contributed by atoms with Gasteiger partial charge < -0.3 is 20.5 Å². The van der Waals surface area contributed by atoms with Crippen LogP contribution in [0.5, 0.6) is 5.75 Å². The first-order valence-electron chi connectivity index (χ1n) is 7.42. The SMILES string of the molecule is CC1OC(C)C(C(=O)Nc2cccc(OCCN)c2)C1C. The maximum atomic E-state index is 12.5. The summed E-state index contributed by atoms with van der Waals surface area (Å²) in [6, 6.07) is 7.35. The Bertz CT molecular complexity index is 492. The number of carbonyl (C=O) groups excluding carboxylic acids is 1. The molecule has 1 aromatic rings. The van der Waals surface area contributed by atoms with E-state index in [0.717, 1.165) is 5.69 Å². The third-order valence-corrected chi connectivity index (χ3v) is 4.03.